The number of piperidine rings is 1. The Bertz CT molecular complexity index is 636. The van der Waals surface area contributed by atoms with E-state index in [0.29, 0.717) is 0 Å². The van der Waals surface area contributed by atoms with Crippen LogP contribution in [0.3, 0.4) is 0 Å². The summed E-state index contributed by atoms with van der Waals surface area (Å²) in [6.45, 7) is 2.01. The molecule has 0 unspecified atom stereocenters. The summed E-state index contributed by atoms with van der Waals surface area (Å²) in [4.78, 5) is 24.3. The molecule has 1 aromatic heterocycles. The third-order valence-corrected chi connectivity index (χ3v) is 4.86. The second-order valence-electron chi connectivity index (χ2n) is 5.83. The Kier molecular flexibility index (Phi) is 5.38. The van der Waals surface area contributed by atoms with Crippen LogP contribution in [0.2, 0.25) is 0 Å². The Labute approximate surface area is 140 Å². The summed E-state index contributed by atoms with van der Waals surface area (Å²) < 4.78 is 0. The van der Waals surface area contributed by atoms with E-state index in [1.807, 2.05) is 35.7 Å². The van der Waals surface area contributed by atoms with E-state index in [2.05, 4.69) is 22.4 Å². The van der Waals surface area contributed by atoms with Crippen LogP contribution >= 0.6 is 11.3 Å². The van der Waals surface area contributed by atoms with Gasteiger partial charge in [0.25, 0.3) is 0 Å². The minimum atomic E-state index is -0.145. The van der Waals surface area contributed by atoms with Crippen molar-refractivity contribution in [3.05, 3.63) is 41.4 Å². The topological polar surface area (TPSA) is 54.5 Å². The minimum absolute atomic E-state index is 0.116. The Hall–Kier alpha value is -1.76. The van der Waals surface area contributed by atoms with E-state index in [-0.39, 0.29) is 18.4 Å². The van der Waals surface area contributed by atoms with Gasteiger partial charge < -0.3 is 4.90 Å². The normalized spacial score (nSPS) is 16.4. The highest BCUT2D eigenvalue weighted by Crippen LogP contribution is 2.23. The van der Waals surface area contributed by atoms with Gasteiger partial charge in [0.2, 0.25) is 5.91 Å². The summed E-state index contributed by atoms with van der Waals surface area (Å²) in [5, 5.41) is 2.86. The van der Waals surface area contributed by atoms with Gasteiger partial charge in [-0.05, 0) is 19.9 Å². The highest BCUT2D eigenvalue weighted by molar-refractivity contribution is 7.13. The predicted octanol–water partition coefficient (Wildman–Crippen LogP) is 2.49. The molecule has 1 saturated heterocycles. The van der Waals surface area contributed by atoms with Gasteiger partial charge in [0.1, 0.15) is 5.01 Å². The lowest BCUT2D eigenvalue weighted by molar-refractivity contribution is -0.140. The van der Waals surface area contributed by atoms with Gasteiger partial charge in [-0.25, -0.2) is 10.5 Å². The first-order chi connectivity index (χ1) is 11.2. The molecule has 0 radical (unpaired) electrons. The molecule has 6 heteroatoms. The van der Waals surface area contributed by atoms with Gasteiger partial charge in [-0.1, -0.05) is 30.3 Å². The third kappa shape index (κ3) is 4.60. The largest absolute Gasteiger partial charge is 0.306 e. The predicted molar refractivity (Wildman–Crippen MR) is 91.0 cm³/mol. The smallest absolute Gasteiger partial charge is 0.249 e. The van der Waals surface area contributed by atoms with Gasteiger partial charge in [0.15, 0.2) is 0 Å². The number of hydrogen-bond acceptors (Lipinski definition) is 5. The van der Waals surface area contributed by atoms with Crippen molar-refractivity contribution < 1.29 is 9.63 Å². The molecule has 1 fully saturated rings. The number of aromatic nitrogens is 1. The van der Waals surface area contributed by atoms with Crippen LogP contribution in [0, 0.1) is 0 Å². The first-order valence-corrected chi connectivity index (χ1v) is 8.71. The zero-order valence-electron chi connectivity index (χ0n) is 13.2. The quantitative estimate of drug-likeness (QED) is 0.855. The molecule has 0 bridgehead atoms. The van der Waals surface area contributed by atoms with Crippen LogP contribution in [-0.4, -0.2) is 42.0 Å². The molecule has 2 aromatic rings. The lowest BCUT2D eigenvalue weighted by atomic mass is 10.1. The zero-order valence-corrected chi connectivity index (χ0v) is 14.0. The van der Waals surface area contributed by atoms with E-state index in [4.69, 9.17) is 4.84 Å². The lowest BCUT2D eigenvalue weighted by Gasteiger charge is -2.28. The van der Waals surface area contributed by atoms with Crippen LogP contribution in [0.15, 0.2) is 35.7 Å². The van der Waals surface area contributed by atoms with Gasteiger partial charge in [-0.2, -0.15) is 0 Å². The van der Waals surface area contributed by atoms with Crippen LogP contribution in [0.5, 0.6) is 0 Å². The molecule has 0 spiro atoms. The van der Waals surface area contributed by atoms with E-state index in [1.165, 1.54) is 0 Å². The molecule has 0 aliphatic carbocycles. The van der Waals surface area contributed by atoms with E-state index in [9.17, 15) is 4.79 Å². The molecule has 1 aromatic carbocycles. The fourth-order valence-corrected chi connectivity index (χ4v) is 3.38. The first-order valence-electron chi connectivity index (χ1n) is 7.83. The molecule has 1 amide bonds. The number of hydroxylamine groups is 1. The standard InChI is InChI=1S/C17H21N3O2S/c1-20-9-7-15(8-10-20)22-19-16(21)11-14-12-23-17(18-14)13-5-3-2-4-6-13/h2-6,12,15H,7-11H2,1H3,(H,19,21). The van der Waals surface area contributed by atoms with E-state index in [0.717, 1.165) is 42.2 Å². The van der Waals surface area contributed by atoms with Crippen molar-refractivity contribution in [1.29, 1.82) is 0 Å². The monoisotopic (exact) mass is 331 g/mol. The molecule has 0 saturated carbocycles. The van der Waals surface area contributed by atoms with Crippen molar-refractivity contribution in [2.45, 2.75) is 25.4 Å². The molecule has 5 nitrogen and oxygen atoms in total. The Balaban J connectivity index is 1.48. The summed E-state index contributed by atoms with van der Waals surface area (Å²) in [5.74, 6) is -0.145. The lowest BCUT2D eigenvalue weighted by Crippen LogP contribution is -2.38. The number of nitrogens with one attached hydrogen (secondary N) is 1. The van der Waals surface area contributed by atoms with Crippen molar-refractivity contribution in [1.82, 2.24) is 15.4 Å². The fraction of sp³-hybridized carbons (Fsp3) is 0.412. The van der Waals surface area contributed by atoms with Gasteiger partial charge in [0.05, 0.1) is 18.2 Å². The zero-order chi connectivity index (χ0) is 16.1. The second-order valence-corrected chi connectivity index (χ2v) is 6.69. The van der Waals surface area contributed by atoms with Gasteiger partial charge in [-0.3, -0.25) is 9.63 Å². The summed E-state index contributed by atoms with van der Waals surface area (Å²) in [5.41, 5.74) is 4.42. The maximum atomic E-state index is 12.0. The van der Waals surface area contributed by atoms with Crippen LogP contribution in [0.1, 0.15) is 18.5 Å². The van der Waals surface area contributed by atoms with E-state index < -0.39 is 0 Å². The molecular weight excluding hydrogens is 310 g/mol. The number of nitrogens with zero attached hydrogens (tertiary/aromatic N) is 2. The highest BCUT2D eigenvalue weighted by Gasteiger charge is 2.18. The van der Waals surface area contributed by atoms with Crippen molar-refractivity contribution in [3.8, 4) is 10.6 Å². The maximum Gasteiger partial charge on any atom is 0.249 e. The van der Waals surface area contributed by atoms with Gasteiger partial charge >= 0.3 is 0 Å². The van der Waals surface area contributed by atoms with Crippen LogP contribution < -0.4 is 5.48 Å². The highest BCUT2D eigenvalue weighted by atomic mass is 32.1. The van der Waals surface area contributed by atoms with Crippen LogP contribution in [-0.2, 0) is 16.1 Å². The fourth-order valence-electron chi connectivity index (χ4n) is 2.55. The summed E-state index contributed by atoms with van der Waals surface area (Å²) in [6, 6.07) is 9.99. The molecule has 1 aliphatic heterocycles. The molecular formula is C17H21N3O2S. The van der Waals surface area contributed by atoms with Crippen molar-refractivity contribution in [2.75, 3.05) is 20.1 Å². The summed E-state index contributed by atoms with van der Waals surface area (Å²) in [7, 11) is 2.10. The van der Waals surface area contributed by atoms with Crippen LogP contribution in [0.25, 0.3) is 10.6 Å². The first kappa shape index (κ1) is 16.1. The number of amides is 1. The molecule has 1 aliphatic rings. The number of hydrogen-bond donors (Lipinski definition) is 1. The molecule has 3 rings (SSSR count). The molecule has 122 valence electrons. The maximum absolute atomic E-state index is 12.0. The molecule has 2 heterocycles. The number of carbonyl (C=O) groups is 1. The molecule has 1 N–H and O–H groups in total. The Morgan fingerprint density at radius 2 is 2.09 bits per heavy atom. The SMILES string of the molecule is CN1CCC(ONC(=O)Cc2csc(-c3ccccc3)n2)CC1. The van der Waals surface area contributed by atoms with E-state index >= 15 is 0 Å². The Morgan fingerprint density at radius 1 is 1.35 bits per heavy atom. The van der Waals surface area contributed by atoms with Crippen LogP contribution in [0.4, 0.5) is 0 Å². The van der Waals surface area contributed by atoms with Gasteiger partial charge in [-0.15, -0.1) is 11.3 Å². The molecule has 23 heavy (non-hydrogen) atoms. The Morgan fingerprint density at radius 3 is 2.83 bits per heavy atom. The minimum Gasteiger partial charge on any atom is -0.306 e. The average Bonchev–Trinajstić information content (AvgIpc) is 3.04. The number of thiazole rings is 1. The van der Waals surface area contributed by atoms with Crippen molar-refractivity contribution in [2.24, 2.45) is 0 Å². The number of rotatable bonds is 5. The number of benzene rings is 1. The summed E-state index contributed by atoms with van der Waals surface area (Å²) in [6.07, 6.45) is 2.26. The molecule has 0 atom stereocenters. The number of carbonyl (C=O) groups excluding carboxylic acids is 1. The average molecular weight is 331 g/mol. The van der Waals surface area contributed by atoms with E-state index in [1.54, 1.807) is 11.3 Å². The second kappa shape index (κ2) is 7.68. The summed E-state index contributed by atoms with van der Waals surface area (Å²) >= 11 is 1.55. The number of likely N-dealkylation sites (tertiary alicyclic amines) is 1. The third-order valence-electron chi connectivity index (χ3n) is 3.92. The van der Waals surface area contributed by atoms with Gasteiger partial charge in [0, 0.05) is 24.0 Å². The van der Waals surface area contributed by atoms with Crippen molar-refractivity contribution in [3.63, 3.8) is 0 Å². The van der Waals surface area contributed by atoms with Crippen molar-refractivity contribution >= 4 is 17.2 Å².